The molecule has 0 N–H and O–H groups in total. The van der Waals surface area contributed by atoms with Crippen LogP contribution in [-0.4, -0.2) is 45.8 Å². The van der Waals surface area contributed by atoms with E-state index < -0.39 is 12.1 Å². The fourth-order valence-electron chi connectivity index (χ4n) is 3.30. The maximum Gasteiger partial charge on any atom is 0.342 e. The second kappa shape index (κ2) is 7.98. The molecule has 0 radical (unpaired) electrons. The Balaban J connectivity index is 1.61. The summed E-state index contributed by atoms with van der Waals surface area (Å²) >= 11 is 1.50. The van der Waals surface area contributed by atoms with E-state index in [1.165, 1.54) is 11.3 Å². The highest BCUT2D eigenvalue weighted by Crippen LogP contribution is 2.28. The SMILES string of the molecule is CC(OC(=O)c1cn(-c2ccccc2)nc1-c1cccs1)C(=O)N1CCCC1. The highest BCUT2D eigenvalue weighted by molar-refractivity contribution is 7.13. The summed E-state index contributed by atoms with van der Waals surface area (Å²) in [6.45, 7) is 3.09. The molecule has 6 nitrogen and oxygen atoms in total. The van der Waals surface area contributed by atoms with Gasteiger partial charge in [0.1, 0.15) is 11.3 Å². The van der Waals surface area contributed by atoms with Gasteiger partial charge in [-0.3, -0.25) is 4.79 Å². The largest absolute Gasteiger partial charge is 0.449 e. The number of benzene rings is 1. The number of esters is 1. The molecular formula is C21H21N3O3S. The lowest BCUT2D eigenvalue weighted by Gasteiger charge is -2.20. The van der Waals surface area contributed by atoms with Gasteiger partial charge in [-0.2, -0.15) is 5.10 Å². The molecule has 0 aliphatic carbocycles. The van der Waals surface area contributed by atoms with E-state index in [1.54, 1.807) is 22.7 Å². The minimum atomic E-state index is -0.818. The first-order chi connectivity index (χ1) is 13.6. The Morgan fingerprint density at radius 3 is 2.54 bits per heavy atom. The molecule has 7 heteroatoms. The number of hydrogen-bond acceptors (Lipinski definition) is 5. The number of rotatable bonds is 5. The summed E-state index contributed by atoms with van der Waals surface area (Å²) in [6.07, 6.45) is 2.85. The molecule has 3 aromatic rings. The van der Waals surface area contributed by atoms with E-state index in [9.17, 15) is 9.59 Å². The van der Waals surface area contributed by atoms with Crippen molar-refractivity contribution in [1.29, 1.82) is 0 Å². The van der Waals surface area contributed by atoms with Crippen molar-refractivity contribution < 1.29 is 14.3 Å². The smallest absolute Gasteiger partial charge is 0.342 e. The van der Waals surface area contributed by atoms with E-state index in [2.05, 4.69) is 5.10 Å². The van der Waals surface area contributed by atoms with Crippen molar-refractivity contribution in [2.45, 2.75) is 25.9 Å². The van der Waals surface area contributed by atoms with Gasteiger partial charge in [-0.15, -0.1) is 11.3 Å². The molecule has 1 aromatic carbocycles. The lowest BCUT2D eigenvalue weighted by Crippen LogP contribution is -2.38. The van der Waals surface area contributed by atoms with Crippen molar-refractivity contribution in [1.82, 2.24) is 14.7 Å². The first-order valence-corrected chi connectivity index (χ1v) is 10.2. The number of aromatic nitrogens is 2. The highest BCUT2D eigenvalue weighted by atomic mass is 32.1. The highest BCUT2D eigenvalue weighted by Gasteiger charge is 2.28. The number of carbonyl (C=O) groups excluding carboxylic acids is 2. The Kier molecular flexibility index (Phi) is 5.25. The predicted octanol–water partition coefficient (Wildman–Crippen LogP) is 3.77. The van der Waals surface area contributed by atoms with Crippen LogP contribution in [0.15, 0.2) is 54.0 Å². The molecule has 1 unspecified atom stereocenters. The second-order valence-corrected chi connectivity index (χ2v) is 7.68. The van der Waals surface area contributed by atoms with Gasteiger partial charge < -0.3 is 9.64 Å². The van der Waals surface area contributed by atoms with Gasteiger partial charge in [0.25, 0.3) is 5.91 Å². The summed E-state index contributed by atoms with van der Waals surface area (Å²) in [7, 11) is 0. The van der Waals surface area contributed by atoms with Crippen molar-refractivity contribution in [2.75, 3.05) is 13.1 Å². The summed E-state index contributed by atoms with van der Waals surface area (Å²) in [5.41, 5.74) is 1.76. The average molecular weight is 395 g/mol. The van der Waals surface area contributed by atoms with Crippen molar-refractivity contribution in [3.8, 4) is 16.3 Å². The third-order valence-electron chi connectivity index (χ3n) is 4.76. The Labute approximate surface area is 167 Å². The molecule has 1 amide bonds. The van der Waals surface area contributed by atoms with Gasteiger partial charge in [0.05, 0.1) is 10.6 Å². The third kappa shape index (κ3) is 3.71. The minimum absolute atomic E-state index is 0.140. The first kappa shape index (κ1) is 18.4. The van der Waals surface area contributed by atoms with E-state index in [1.807, 2.05) is 47.8 Å². The third-order valence-corrected chi connectivity index (χ3v) is 5.64. The van der Waals surface area contributed by atoms with Crippen LogP contribution in [0.5, 0.6) is 0 Å². The van der Waals surface area contributed by atoms with Crippen LogP contribution in [0.4, 0.5) is 0 Å². The van der Waals surface area contributed by atoms with Crippen LogP contribution < -0.4 is 0 Å². The maximum absolute atomic E-state index is 12.9. The van der Waals surface area contributed by atoms with Crippen molar-refractivity contribution in [3.05, 3.63) is 59.6 Å². The number of nitrogens with zero attached hydrogens (tertiary/aromatic N) is 3. The van der Waals surface area contributed by atoms with Gasteiger partial charge in [-0.05, 0) is 43.3 Å². The molecule has 0 spiro atoms. The number of likely N-dealkylation sites (tertiary alicyclic amines) is 1. The number of thiophene rings is 1. The molecule has 0 bridgehead atoms. The lowest BCUT2D eigenvalue weighted by atomic mass is 10.2. The number of carbonyl (C=O) groups is 2. The van der Waals surface area contributed by atoms with Crippen molar-refractivity contribution >= 4 is 23.2 Å². The fraction of sp³-hybridized carbons (Fsp3) is 0.286. The number of amides is 1. The van der Waals surface area contributed by atoms with Gasteiger partial charge in [0.2, 0.25) is 0 Å². The quantitative estimate of drug-likeness (QED) is 0.617. The molecule has 144 valence electrons. The van der Waals surface area contributed by atoms with Crippen molar-refractivity contribution in [3.63, 3.8) is 0 Å². The van der Waals surface area contributed by atoms with Crippen LogP contribution in [0.25, 0.3) is 16.3 Å². The van der Waals surface area contributed by atoms with Gasteiger partial charge >= 0.3 is 5.97 Å². The monoisotopic (exact) mass is 395 g/mol. The second-order valence-electron chi connectivity index (χ2n) is 6.73. The number of para-hydroxylation sites is 1. The van der Waals surface area contributed by atoms with Crippen LogP contribution in [0, 0.1) is 0 Å². The Hall–Kier alpha value is -2.93. The van der Waals surface area contributed by atoms with Crippen LogP contribution in [-0.2, 0) is 9.53 Å². The standard InChI is InChI=1S/C21H21N3O3S/c1-15(20(25)23-11-5-6-12-23)27-21(26)17-14-24(16-8-3-2-4-9-16)22-19(17)18-10-7-13-28-18/h2-4,7-10,13-15H,5-6,11-12H2,1H3. The van der Waals surface area contributed by atoms with E-state index in [-0.39, 0.29) is 5.91 Å². The zero-order valence-corrected chi connectivity index (χ0v) is 16.4. The first-order valence-electron chi connectivity index (χ1n) is 9.32. The normalized spacial score (nSPS) is 14.8. The maximum atomic E-state index is 12.9. The van der Waals surface area contributed by atoms with E-state index in [0.29, 0.717) is 11.3 Å². The molecule has 1 fully saturated rings. The summed E-state index contributed by atoms with van der Waals surface area (Å²) in [5, 5.41) is 6.54. The molecule has 0 saturated carbocycles. The van der Waals surface area contributed by atoms with Gasteiger partial charge in [-0.1, -0.05) is 24.3 Å². The van der Waals surface area contributed by atoms with Crippen molar-refractivity contribution in [2.24, 2.45) is 0 Å². The van der Waals surface area contributed by atoms with Crippen LogP contribution in [0.1, 0.15) is 30.1 Å². The molecule has 1 aliphatic rings. The molecule has 3 heterocycles. The van der Waals surface area contributed by atoms with E-state index in [0.717, 1.165) is 36.5 Å². The van der Waals surface area contributed by atoms with Crippen LogP contribution in [0.2, 0.25) is 0 Å². The minimum Gasteiger partial charge on any atom is -0.449 e. The molecule has 4 rings (SSSR count). The topological polar surface area (TPSA) is 64.4 Å². The van der Waals surface area contributed by atoms with E-state index in [4.69, 9.17) is 4.74 Å². The van der Waals surface area contributed by atoms with Gasteiger partial charge in [0, 0.05) is 19.3 Å². The summed E-state index contributed by atoms with van der Waals surface area (Å²) < 4.78 is 7.18. The molecular weight excluding hydrogens is 374 g/mol. The van der Waals surface area contributed by atoms with E-state index >= 15 is 0 Å². The Bertz CT molecular complexity index is 960. The lowest BCUT2D eigenvalue weighted by molar-refractivity contribution is -0.138. The molecule has 28 heavy (non-hydrogen) atoms. The Morgan fingerprint density at radius 1 is 1.11 bits per heavy atom. The molecule has 1 saturated heterocycles. The van der Waals surface area contributed by atoms with Crippen LogP contribution >= 0.6 is 11.3 Å². The summed E-state index contributed by atoms with van der Waals surface area (Å²) in [6, 6.07) is 13.4. The summed E-state index contributed by atoms with van der Waals surface area (Å²) in [5.74, 6) is -0.676. The molecule has 1 aliphatic heterocycles. The molecule has 1 atom stereocenters. The predicted molar refractivity (Wildman–Crippen MR) is 108 cm³/mol. The zero-order valence-electron chi connectivity index (χ0n) is 15.6. The number of ether oxygens (including phenoxy) is 1. The zero-order chi connectivity index (χ0) is 19.5. The number of hydrogen-bond donors (Lipinski definition) is 0. The van der Waals surface area contributed by atoms with Gasteiger partial charge in [-0.25, -0.2) is 9.48 Å². The molecule has 2 aromatic heterocycles. The van der Waals surface area contributed by atoms with Crippen LogP contribution in [0.3, 0.4) is 0 Å². The summed E-state index contributed by atoms with van der Waals surface area (Å²) in [4.78, 5) is 28.0. The average Bonchev–Trinajstić information content (AvgIpc) is 3.49. The fourth-order valence-corrected chi connectivity index (χ4v) is 4.02. The Morgan fingerprint density at radius 2 is 1.86 bits per heavy atom. The van der Waals surface area contributed by atoms with Gasteiger partial charge in [0.15, 0.2) is 6.10 Å².